The lowest BCUT2D eigenvalue weighted by atomic mass is 9.98. The fourth-order valence-corrected chi connectivity index (χ4v) is 1.83. The van der Waals surface area contributed by atoms with Gasteiger partial charge in [-0.2, -0.15) is 0 Å². The van der Waals surface area contributed by atoms with Crippen LogP contribution in [0.2, 0.25) is 0 Å². The molecule has 0 aromatic heterocycles. The van der Waals surface area contributed by atoms with Crippen molar-refractivity contribution in [1.29, 1.82) is 0 Å². The van der Waals surface area contributed by atoms with Gasteiger partial charge in [0.15, 0.2) is 0 Å². The van der Waals surface area contributed by atoms with Crippen LogP contribution in [0.15, 0.2) is 42.0 Å². The molecule has 0 bridgehead atoms. The molecule has 0 aliphatic heterocycles. The summed E-state index contributed by atoms with van der Waals surface area (Å²) in [5.74, 6) is -0.924. The monoisotopic (exact) mass is 262 g/mol. The molecule has 0 aliphatic rings. The number of hydrogen-bond acceptors (Lipinski definition) is 3. The van der Waals surface area contributed by atoms with Gasteiger partial charge in [-0.3, -0.25) is 4.79 Å². The van der Waals surface area contributed by atoms with Crippen molar-refractivity contribution in [3.05, 3.63) is 47.5 Å². The van der Waals surface area contributed by atoms with Crippen LogP contribution in [0.5, 0.6) is 0 Å². The van der Waals surface area contributed by atoms with E-state index in [2.05, 4.69) is 0 Å². The van der Waals surface area contributed by atoms with Gasteiger partial charge in [0.1, 0.15) is 6.61 Å². The number of hydrogen-bond donors (Lipinski definition) is 1. The first-order valence-corrected chi connectivity index (χ1v) is 6.61. The van der Waals surface area contributed by atoms with Crippen LogP contribution in [0, 0.1) is 5.92 Å². The van der Waals surface area contributed by atoms with E-state index in [1.54, 1.807) is 6.92 Å². The van der Waals surface area contributed by atoms with E-state index < -0.39 is 12.0 Å². The summed E-state index contributed by atoms with van der Waals surface area (Å²) < 4.78 is 5.21. The van der Waals surface area contributed by atoms with Gasteiger partial charge in [-0.15, -0.1) is 0 Å². The third kappa shape index (κ3) is 4.87. The SMILES string of the molecule is CC/C=C(\C)[C@@H](O)[C@H](C)C(=O)OCc1ccccc1. The summed E-state index contributed by atoms with van der Waals surface area (Å²) in [6.07, 6.45) is 1.99. The molecule has 0 saturated heterocycles. The molecule has 0 saturated carbocycles. The van der Waals surface area contributed by atoms with Crippen molar-refractivity contribution in [3.63, 3.8) is 0 Å². The molecule has 0 heterocycles. The van der Waals surface area contributed by atoms with Gasteiger partial charge in [-0.25, -0.2) is 0 Å². The average molecular weight is 262 g/mol. The van der Waals surface area contributed by atoms with Crippen LogP contribution in [-0.4, -0.2) is 17.2 Å². The average Bonchev–Trinajstić information content (AvgIpc) is 2.44. The van der Waals surface area contributed by atoms with Crippen LogP contribution >= 0.6 is 0 Å². The molecule has 1 N–H and O–H groups in total. The Hall–Kier alpha value is -1.61. The van der Waals surface area contributed by atoms with Gasteiger partial charge in [0.25, 0.3) is 0 Å². The summed E-state index contributed by atoms with van der Waals surface area (Å²) >= 11 is 0. The van der Waals surface area contributed by atoms with E-state index in [1.165, 1.54) is 0 Å². The van der Waals surface area contributed by atoms with Crippen LogP contribution in [0.4, 0.5) is 0 Å². The number of aliphatic hydroxyl groups excluding tert-OH is 1. The predicted octanol–water partition coefficient (Wildman–Crippen LogP) is 3.08. The molecule has 0 spiro atoms. The van der Waals surface area contributed by atoms with Gasteiger partial charge in [-0.1, -0.05) is 43.3 Å². The minimum absolute atomic E-state index is 0.243. The highest BCUT2D eigenvalue weighted by atomic mass is 16.5. The number of esters is 1. The third-order valence-corrected chi connectivity index (χ3v) is 3.06. The first kappa shape index (κ1) is 15.4. The fraction of sp³-hybridized carbons (Fsp3) is 0.438. The summed E-state index contributed by atoms with van der Waals surface area (Å²) in [7, 11) is 0. The van der Waals surface area contributed by atoms with Crippen LogP contribution in [0.25, 0.3) is 0 Å². The van der Waals surface area contributed by atoms with Crippen molar-refractivity contribution in [2.45, 2.75) is 39.9 Å². The number of benzene rings is 1. The molecule has 1 rings (SSSR count). The Kier molecular flexibility index (Phi) is 6.30. The van der Waals surface area contributed by atoms with Crippen molar-refractivity contribution >= 4 is 5.97 Å². The van der Waals surface area contributed by atoms with E-state index in [0.29, 0.717) is 0 Å². The lowest BCUT2D eigenvalue weighted by Gasteiger charge is -2.18. The zero-order valence-corrected chi connectivity index (χ0v) is 11.8. The van der Waals surface area contributed by atoms with Crippen molar-refractivity contribution in [2.24, 2.45) is 5.92 Å². The Morgan fingerprint density at radius 1 is 1.37 bits per heavy atom. The van der Waals surface area contributed by atoms with E-state index in [0.717, 1.165) is 17.6 Å². The Morgan fingerprint density at radius 3 is 2.58 bits per heavy atom. The second-order valence-electron chi connectivity index (χ2n) is 4.68. The Labute approximate surface area is 114 Å². The molecular weight excluding hydrogens is 240 g/mol. The Morgan fingerprint density at radius 2 is 2.00 bits per heavy atom. The molecule has 104 valence electrons. The summed E-state index contributed by atoms with van der Waals surface area (Å²) in [6, 6.07) is 9.51. The number of ether oxygens (including phenoxy) is 1. The quantitative estimate of drug-likeness (QED) is 0.633. The highest BCUT2D eigenvalue weighted by molar-refractivity contribution is 5.73. The standard InChI is InChI=1S/C16H22O3/c1-4-8-12(2)15(17)13(3)16(18)19-11-14-9-6-5-7-10-14/h5-10,13,15,17H,4,11H2,1-3H3/b12-8+/t13-,15+/m0/s1. The highest BCUT2D eigenvalue weighted by Gasteiger charge is 2.24. The molecular formula is C16H22O3. The number of aliphatic hydroxyl groups is 1. The first-order valence-electron chi connectivity index (χ1n) is 6.61. The van der Waals surface area contributed by atoms with E-state index in [1.807, 2.05) is 50.3 Å². The van der Waals surface area contributed by atoms with Crippen molar-refractivity contribution in [3.8, 4) is 0 Å². The molecule has 0 unspecified atom stereocenters. The lowest BCUT2D eigenvalue weighted by molar-refractivity contribution is -0.152. The number of rotatable bonds is 6. The minimum atomic E-state index is -0.775. The van der Waals surface area contributed by atoms with E-state index in [4.69, 9.17) is 4.74 Å². The maximum atomic E-state index is 11.9. The fourth-order valence-electron chi connectivity index (χ4n) is 1.83. The van der Waals surface area contributed by atoms with Gasteiger partial charge in [0.2, 0.25) is 0 Å². The minimum Gasteiger partial charge on any atom is -0.461 e. The van der Waals surface area contributed by atoms with Crippen LogP contribution in [-0.2, 0) is 16.1 Å². The van der Waals surface area contributed by atoms with E-state index in [9.17, 15) is 9.90 Å². The Bertz CT molecular complexity index is 423. The van der Waals surface area contributed by atoms with Crippen molar-refractivity contribution < 1.29 is 14.6 Å². The summed E-state index contributed by atoms with van der Waals surface area (Å²) in [5, 5.41) is 10.0. The summed E-state index contributed by atoms with van der Waals surface area (Å²) in [6.45, 7) is 5.75. The molecule has 3 nitrogen and oxygen atoms in total. The second kappa shape index (κ2) is 7.74. The number of allylic oxidation sites excluding steroid dienone is 1. The van der Waals surface area contributed by atoms with E-state index >= 15 is 0 Å². The van der Waals surface area contributed by atoms with Gasteiger partial charge in [-0.05, 0) is 31.4 Å². The van der Waals surface area contributed by atoms with Gasteiger partial charge in [0.05, 0.1) is 12.0 Å². The molecule has 3 heteroatoms. The topological polar surface area (TPSA) is 46.5 Å². The summed E-state index contributed by atoms with van der Waals surface area (Å²) in [5.41, 5.74) is 1.75. The normalized spacial score (nSPS) is 14.8. The van der Waals surface area contributed by atoms with E-state index in [-0.39, 0.29) is 12.6 Å². The smallest absolute Gasteiger partial charge is 0.311 e. The molecule has 1 aromatic rings. The Balaban J connectivity index is 2.51. The van der Waals surface area contributed by atoms with Crippen LogP contribution in [0.3, 0.4) is 0 Å². The maximum Gasteiger partial charge on any atom is 0.311 e. The molecule has 2 atom stereocenters. The predicted molar refractivity (Wildman–Crippen MR) is 75.5 cm³/mol. The molecule has 0 radical (unpaired) electrons. The van der Waals surface area contributed by atoms with Gasteiger partial charge >= 0.3 is 5.97 Å². The molecule has 19 heavy (non-hydrogen) atoms. The molecule has 0 fully saturated rings. The zero-order valence-electron chi connectivity index (χ0n) is 11.8. The third-order valence-electron chi connectivity index (χ3n) is 3.06. The highest BCUT2D eigenvalue weighted by Crippen LogP contribution is 2.15. The number of carbonyl (C=O) groups is 1. The van der Waals surface area contributed by atoms with Crippen molar-refractivity contribution in [2.75, 3.05) is 0 Å². The van der Waals surface area contributed by atoms with Gasteiger partial charge < -0.3 is 9.84 Å². The summed E-state index contributed by atoms with van der Waals surface area (Å²) in [4.78, 5) is 11.9. The molecule has 1 aromatic carbocycles. The van der Waals surface area contributed by atoms with Crippen LogP contribution < -0.4 is 0 Å². The van der Waals surface area contributed by atoms with Crippen LogP contribution in [0.1, 0.15) is 32.8 Å². The molecule has 0 aliphatic carbocycles. The zero-order chi connectivity index (χ0) is 14.3. The first-order chi connectivity index (χ1) is 9.06. The number of carbonyl (C=O) groups excluding carboxylic acids is 1. The lowest BCUT2D eigenvalue weighted by Crippen LogP contribution is -2.28. The molecule has 0 amide bonds. The second-order valence-corrected chi connectivity index (χ2v) is 4.68. The maximum absolute atomic E-state index is 11.9. The largest absolute Gasteiger partial charge is 0.461 e. The van der Waals surface area contributed by atoms with Gasteiger partial charge in [0, 0.05) is 0 Å². The van der Waals surface area contributed by atoms with Crippen molar-refractivity contribution in [1.82, 2.24) is 0 Å².